The summed E-state index contributed by atoms with van der Waals surface area (Å²) in [7, 11) is 0. The van der Waals surface area contributed by atoms with E-state index < -0.39 is 11.7 Å². The highest BCUT2D eigenvalue weighted by Crippen LogP contribution is 2.23. The van der Waals surface area contributed by atoms with E-state index in [4.69, 9.17) is 16.7 Å². The van der Waals surface area contributed by atoms with E-state index in [9.17, 15) is 9.18 Å². The van der Waals surface area contributed by atoms with E-state index in [2.05, 4.69) is 5.32 Å². The van der Waals surface area contributed by atoms with Crippen LogP contribution in [-0.4, -0.2) is 11.0 Å². The lowest BCUT2D eigenvalue weighted by molar-refractivity contribution is 0.102. The van der Waals surface area contributed by atoms with Crippen molar-refractivity contribution in [2.75, 3.05) is 5.32 Å². The van der Waals surface area contributed by atoms with Gasteiger partial charge in [-0.1, -0.05) is 23.7 Å². The maximum atomic E-state index is 13.5. The summed E-state index contributed by atoms with van der Waals surface area (Å²) in [5, 5.41) is 11.8. The van der Waals surface area contributed by atoms with Crippen molar-refractivity contribution in [3.8, 4) is 5.75 Å². The Balaban J connectivity index is 2.28. The number of aromatic hydroxyl groups is 1. The largest absolute Gasteiger partial charge is 0.508 e. The molecular formula is C14H11ClFNO2. The molecule has 0 radical (unpaired) electrons. The molecule has 2 rings (SSSR count). The summed E-state index contributed by atoms with van der Waals surface area (Å²) in [6, 6.07) is 8.53. The van der Waals surface area contributed by atoms with Gasteiger partial charge in [0.1, 0.15) is 11.6 Å². The number of aryl methyl sites for hydroxylation is 1. The van der Waals surface area contributed by atoms with E-state index in [0.29, 0.717) is 5.02 Å². The summed E-state index contributed by atoms with van der Waals surface area (Å²) in [6.45, 7) is 1.78. The number of nitrogens with one attached hydrogen (secondary N) is 1. The second-order valence-electron chi connectivity index (χ2n) is 4.05. The molecule has 0 spiro atoms. The Hall–Kier alpha value is -2.07. The Kier molecular flexibility index (Phi) is 3.71. The van der Waals surface area contributed by atoms with Crippen LogP contribution in [-0.2, 0) is 0 Å². The van der Waals surface area contributed by atoms with Crippen molar-refractivity contribution in [2.24, 2.45) is 0 Å². The highest BCUT2D eigenvalue weighted by molar-refractivity contribution is 6.35. The molecule has 19 heavy (non-hydrogen) atoms. The Morgan fingerprint density at radius 1 is 1.32 bits per heavy atom. The molecule has 1 amide bonds. The van der Waals surface area contributed by atoms with Crippen molar-refractivity contribution in [2.45, 2.75) is 6.92 Å². The molecule has 0 aliphatic rings. The molecule has 0 aliphatic heterocycles. The van der Waals surface area contributed by atoms with E-state index in [1.54, 1.807) is 25.1 Å². The molecule has 0 unspecified atom stereocenters. The summed E-state index contributed by atoms with van der Waals surface area (Å²) < 4.78 is 13.5. The Morgan fingerprint density at radius 3 is 2.74 bits per heavy atom. The van der Waals surface area contributed by atoms with Crippen LogP contribution in [0.25, 0.3) is 0 Å². The summed E-state index contributed by atoms with van der Waals surface area (Å²) in [5.41, 5.74) is 1.02. The highest BCUT2D eigenvalue weighted by Gasteiger charge is 2.13. The topological polar surface area (TPSA) is 49.3 Å². The average Bonchev–Trinajstić information content (AvgIpc) is 2.36. The zero-order valence-electron chi connectivity index (χ0n) is 10.1. The first-order valence-corrected chi connectivity index (χ1v) is 5.92. The van der Waals surface area contributed by atoms with Crippen LogP contribution in [0.4, 0.5) is 10.1 Å². The number of benzene rings is 2. The van der Waals surface area contributed by atoms with Gasteiger partial charge in [0.25, 0.3) is 5.91 Å². The van der Waals surface area contributed by atoms with E-state index in [1.807, 2.05) is 0 Å². The van der Waals surface area contributed by atoms with Gasteiger partial charge in [-0.2, -0.15) is 0 Å². The van der Waals surface area contributed by atoms with Gasteiger partial charge in [0.2, 0.25) is 0 Å². The van der Waals surface area contributed by atoms with Crippen LogP contribution in [0.2, 0.25) is 5.02 Å². The quantitative estimate of drug-likeness (QED) is 0.823. The number of hydrogen-bond acceptors (Lipinski definition) is 2. The van der Waals surface area contributed by atoms with Crippen LogP contribution in [0.1, 0.15) is 15.9 Å². The van der Waals surface area contributed by atoms with Gasteiger partial charge in [-0.15, -0.1) is 0 Å². The molecule has 2 aromatic carbocycles. The van der Waals surface area contributed by atoms with Gasteiger partial charge < -0.3 is 10.4 Å². The van der Waals surface area contributed by atoms with E-state index >= 15 is 0 Å². The van der Waals surface area contributed by atoms with E-state index in [-0.39, 0.29) is 17.0 Å². The van der Waals surface area contributed by atoms with Gasteiger partial charge in [-0.3, -0.25) is 4.79 Å². The second-order valence-corrected chi connectivity index (χ2v) is 4.43. The number of amides is 1. The Bertz CT molecular complexity index is 643. The van der Waals surface area contributed by atoms with E-state index in [1.165, 1.54) is 12.1 Å². The van der Waals surface area contributed by atoms with E-state index in [0.717, 1.165) is 11.6 Å². The summed E-state index contributed by atoms with van der Waals surface area (Å²) in [5.74, 6) is -1.42. The lowest BCUT2D eigenvalue weighted by Gasteiger charge is -2.09. The first-order chi connectivity index (χ1) is 8.99. The standard InChI is InChI=1S/C14H11ClFNO2/c1-8-3-2-4-10(13(8)15)14(19)17-12-6-5-9(18)7-11(12)16/h2-7,18H,1H3,(H,17,19). The number of carbonyl (C=O) groups excluding carboxylic acids is 1. The number of phenols is 1. The molecule has 0 heterocycles. The highest BCUT2D eigenvalue weighted by atomic mass is 35.5. The predicted octanol–water partition coefficient (Wildman–Crippen LogP) is 3.75. The van der Waals surface area contributed by atoms with Gasteiger partial charge in [-0.05, 0) is 30.7 Å². The summed E-state index contributed by atoms with van der Waals surface area (Å²) >= 11 is 6.02. The Morgan fingerprint density at radius 2 is 2.05 bits per heavy atom. The first-order valence-electron chi connectivity index (χ1n) is 5.54. The van der Waals surface area contributed by atoms with Crippen molar-refractivity contribution in [3.63, 3.8) is 0 Å². The molecule has 5 heteroatoms. The van der Waals surface area contributed by atoms with Crippen molar-refractivity contribution in [3.05, 3.63) is 58.4 Å². The van der Waals surface area contributed by atoms with Crippen LogP contribution in [0.5, 0.6) is 5.75 Å². The normalized spacial score (nSPS) is 10.3. The number of carbonyl (C=O) groups is 1. The molecule has 0 bridgehead atoms. The molecule has 0 aromatic heterocycles. The molecule has 2 aromatic rings. The number of anilines is 1. The second kappa shape index (κ2) is 5.28. The molecule has 0 fully saturated rings. The van der Waals surface area contributed by atoms with Crippen LogP contribution in [0.3, 0.4) is 0 Å². The fourth-order valence-corrected chi connectivity index (χ4v) is 1.83. The number of halogens is 2. The number of phenolic OH excluding ortho intramolecular Hbond substituents is 1. The summed E-state index contributed by atoms with van der Waals surface area (Å²) in [4.78, 5) is 12.0. The van der Waals surface area contributed by atoms with Gasteiger partial charge in [0.05, 0.1) is 16.3 Å². The third-order valence-electron chi connectivity index (χ3n) is 2.64. The molecular weight excluding hydrogens is 269 g/mol. The molecule has 0 saturated carbocycles. The van der Waals surface area contributed by atoms with Gasteiger partial charge in [0, 0.05) is 6.07 Å². The molecule has 3 nitrogen and oxygen atoms in total. The zero-order valence-corrected chi connectivity index (χ0v) is 10.8. The molecule has 0 atom stereocenters. The van der Waals surface area contributed by atoms with Gasteiger partial charge in [-0.25, -0.2) is 4.39 Å². The minimum absolute atomic E-state index is 0.0135. The van der Waals surface area contributed by atoms with Crippen molar-refractivity contribution in [1.29, 1.82) is 0 Å². The van der Waals surface area contributed by atoms with Crippen LogP contribution < -0.4 is 5.32 Å². The predicted molar refractivity (Wildman–Crippen MR) is 72.2 cm³/mol. The summed E-state index contributed by atoms with van der Waals surface area (Å²) in [6.07, 6.45) is 0. The van der Waals surface area contributed by atoms with Crippen molar-refractivity contribution in [1.82, 2.24) is 0 Å². The average molecular weight is 280 g/mol. The van der Waals surface area contributed by atoms with Gasteiger partial charge >= 0.3 is 0 Å². The number of rotatable bonds is 2. The zero-order chi connectivity index (χ0) is 14.0. The number of hydrogen-bond donors (Lipinski definition) is 2. The molecule has 0 aliphatic carbocycles. The molecule has 98 valence electrons. The van der Waals surface area contributed by atoms with Gasteiger partial charge in [0.15, 0.2) is 0 Å². The fraction of sp³-hybridized carbons (Fsp3) is 0.0714. The Labute approximate surface area is 114 Å². The third kappa shape index (κ3) is 2.85. The SMILES string of the molecule is Cc1cccc(C(=O)Nc2ccc(O)cc2F)c1Cl. The van der Waals surface area contributed by atoms with Crippen LogP contribution >= 0.6 is 11.6 Å². The van der Waals surface area contributed by atoms with Crippen molar-refractivity contribution >= 4 is 23.2 Å². The van der Waals surface area contributed by atoms with Crippen molar-refractivity contribution < 1.29 is 14.3 Å². The maximum absolute atomic E-state index is 13.5. The molecule has 0 saturated heterocycles. The maximum Gasteiger partial charge on any atom is 0.257 e. The third-order valence-corrected chi connectivity index (χ3v) is 3.14. The van der Waals surface area contributed by atoms with Crippen LogP contribution in [0.15, 0.2) is 36.4 Å². The van der Waals surface area contributed by atoms with Crippen LogP contribution in [0, 0.1) is 12.7 Å². The minimum Gasteiger partial charge on any atom is -0.508 e. The minimum atomic E-state index is -0.711. The molecule has 2 N–H and O–H groups in total. The fourth-order valence-electron chi connectivity index (χ4n) is 1.62. The monoisotopic (exact) mass is 279 g/mol. The lowest BCUT2D eigenvalue weighted by Crippen LogP contribution is -2.13. The first kappa shape index (κ1) is 13.4. The lowest BCUT2D eigenvalue weighted by atomic mass is 10.1. The smallest absolute Gasteiger partial charge is 0.257 e.